The highest BCUT2D eigenvalue weighted by Crippen LogP contribution is 2.46. The topological polar surface area (TPSA) is 12.0 Å². The van der Waals surface area contributed by atoms with Crippen molar-refractivity contribution in [1.29, 1.82) is 0 Å². The molecule has 1 aliphatic rings. The van der Waals surface area contributed by atoms with Gasteiger partial charge in [0.25, 0.3) is 0 Å². The minimum atomic E-state index is 0.557. The predicted octanol–water partition coefficient (Wildman–Crippen LogP) is 3.43. The maximum atomic E-state index is 3.56. The molecule has 0 atom stereocenters. The van der Waals surface area contributed by atoms with Crippen LogP contribution in [0.4, 0.5) is 0 Å². The average molecular weight is 286 g/mol. The van der Waals surface area contributed by atoms with Crippen molar-refractivity contribution in [3.63, 3.8) is 0 Å². The van der Waals surface area contributed by atoms with E-state index < -0.39 is 0 Å². The standard InChI is InChI=1S/C12H16BrNS/c1-15-12(6-7-12)9-14-8-10-4-2-3-5-11(10)13/h2-5,14H,6-9H2,1H3. The summed E-state index contributed by atoms with van der Waals surface area (Å²) in [5, 5.41) is 3.55. The van der Waals surface area contributed by atoms with E-state index in [-0.39, 0.29) is 0 Å². The van der Waals surface area contributed by atoms with Crippen molar-refractivity contribution in [2.45, 2.75) is 24.1 Å². The van der Waals surface area contributed by atoms with E-state index in [1.165, 1.54) is 22.9 Å². The maximum Gasteiger partial charge on any atom is 0.0282 e. The van der Waals surface area contributed by atoms with Crippen LogP contribution in [0.5, 0.6) is 0 Å². The van der Waals surface area contributed by atoms with Crippen molar-refractivity contribution in [2.24, 2.45) is 0 Å². The maximum absolute atomic E-state index is 3.56. The number of hydrogen-bond acceptors (Lipinski definition) is 2. The summed E-state index contributed by atoms with van der Waals surface area (Å²) in [6, 6.07) is 8.40. The van der Waals surface area contributed by atoms with Gasteiger partial charge in [-0.2, -0.15) is 11.8 Å². The third-order valence-electron chi connectivity index (χ3n) is 2.96. The Labute approximate surface area is 104 Å². The van der Waals surface area contributed by atoms with E-state index in [1.54, 1.807) is 0 Å². The van der Waals surface area contributed by atoms with Crippen LogP contribution in [0.15, 0.2) is 28.7 Å². The van der Waals surface area contributed by atoms with Gasteiger partial charge in [0.05, 0.1) is 0 Å². The Bertz CT molecular complexity index is 336. The van der Waals surface area contributed by atoms with Crippen LogP contribution in [0, 0.1) is 0 Å². The van der Waals surface area contributed by atoms with Crippen LogP contribution >= 0.6 is 27.7 Å². The third-order valence-corrected chi connectivity index (χ3v) is 5.15. The van der Waals surface area contributed by atoms with Crippen molar-refractivity contribution in [3.8, 4) is 0 Å². The van der Waals surface area contributed by atoms with Gasteiger partial charge in [-0.05, 0) is 30.7 Å². The molecule has 0 heterocycles. The Morgan fingerprint density at radius 3 is 2.73 bits per heavy atom. The van der Waals surface area contributed by atoms with Crippen molar-refractivity contribution in [3.05, 3.63) is 34.3 Å². The normalized spacial score (nSPS) is 17.7. The summed E-state index contributed by atoms with van der Waals surface area (Å²) in [6.07, 6.45) is 4.96. The highest BCUT2D eigenvalue weighted by atomic mass is 79.9. The molecule has 1 saturated carbocycles. The summed E-state index contributed by atoms with van der Waals surface area (Å²) in [5.74, 6) is 0. The Hall–Kier alpha value is 0.01000. The zero-order valence-electron chi connectivity index (χ0n) is 8.92. The molecule has 0 saturated heterocycles. The fraction of sp³-hybridized carbons (Fsp3) is 0.500. The Morgan fingerprint density at radius 2 is 2.13 bits per heavy atom. The van der Waals surface area contributed by atoms with E-state index in [2.05, 4.69) is 51.8 Å². The largest absolute Gasteiger partial charge is 0.311 e. The molecule has 15 heavy (non-hydrogen) atoms. The van der Waals surface area contributed by atoms with Gasteiger partial charge >= 0.3 is 0 Å². The Balaban J connectivity index is 1.81. The minimum absolute atomic E-state index is 0.557. The van der Waals surface area contributed by atoms with Gasteiger partial charge in [0.2, 0.25) is 0 Å². The SMILES string of the molecule is CSC1(CNCc2ccccc2Br)CC1. The zero-order chi connectivity index (χ0) is 10.7. The summed E-state index contributed by atoms with van der Waals surface area (Å²) in [4.78, 5) is 0. The van der Waals surface area contributed by atoms with Crippen LogP contribution in [0.1, 0.15) is 18.4 Å². The molecule has 1 fully saturated rings. The smallest absolute Gasteiger partial charge is 0.0282 e. The highest BCUT2D eigenvalue weighted by molar-refractivity contribution is 9.10. The molecular formula is C12H16BrNS. The molecule has 1 aromatic carbocycles. The highest BCUT2D eigenvalue weighted by Gasteiger charge is 2.41. The van der Waals surface area contributed by atoms with Gasteiger partial charge in [0.1, 0.15) is 0 Å². The molecule has 0 bridgehead atoms. The lowest BCUT2D eigenvalue weighted by Crippen LogP contribution is -2.25. The van der Waals surface area contributed by atoms with Crippen molar-refractivity contribution in [2.75, 3.05) is 12.8 Å². The first-order valence-electron chi connectivity index (χ1n) is 5.25. The summed E-state index contributed by atoms with van der Waals surface area (Å²) in [5.41, 5.74) is 1.34. The molecule has 82 valence electrons. The van der Waals surface area contributed by atoms with E-state index in [9.17, 15) is 0 Å². The summed E-state index contributed by atoms with van der Waals surface area (Å²) < 4.78 is 1.76. The molecule has 0 amide bonds. The van der Waals surface area contributed by atoms with Crippen molar-refractivity contribution in [1.82, 2.24) is 5.32 Å². The van der Waals surface area contributed by atoms with Crippen LogP contribution in [0.2, 0.25) is 0 Å². The molecule has 1 aliphatic carbocycles. The molecule has 1 nitrogen and oxygen atoms in total. The Morgan fingerprint density at radius 1 is 1.40 bits per heavy atom. The fourth-order valence-electron chi connectivity index (χ4n) is 1.66. The van der Waals surface area contributed by atoms with E-state index >= 15 is 0 Å². The first-order chi connectivity index (χ1) is 7.26. The molecule has 0 aromatic heterocycles. The van der Waals surface area contributed by atoms with E-state index in [0.717, 1.165) is 13.1 Å². The molecule has 0 aliphatic heterocycles. The van der Waals surface area contributed by atoms with E-state index in [0.29, 0.717) is 4.75 Å². The second-order valence-electron chi connectivity index (χ2n) is 4.08. The average Bonchev–Trinajstić information content (AvgIpc) is 3.02. The summed E-state index contributed by atoms with van der Waals surface area (Å²) >= 11 is 5.57. The molecule has 0 radical (unpaired) electrons. The van der Waals surface area contributed by atoms with Crippen LogP contribution in [0.25, 0.3) is 0 Å². The van der Waals surface area contributed by atoms with Gasteiger partial charge in [-0.25, -0.2) is 0 Å². The number of benzene rings is 1. The second-order valence-corrected chi connectivity index (χ2v) is 6.21. The molecule has 3 heteroatoms. The first kappa shape index (κ1) is 11.5. The van der Waals surface area contributed by atoms with Crippen LogP contribution in [-0.2, 0) is 6.54 Å². The molecule has 0 spiro atoms. The van der Waals surface area contributed by atoms with E-state index in [1.807, 2.05) is 11.8 Å². The number of rotatable bonds is 5. The van der Waals surface area contributed by atoms with Crippen molar-refractivity contribution >= 4 is 27.7 Å². The molecule has 2 rings (SSSR count). The van der Waals surface area contributed by atoms with Crippen LogP contribution in [0.3, 0.4) is 0 Å². The number of thioether (sulfide) groups is 1. The second kappa shape index (κ2) is 4.89. The fourth-order valence-corrected chi connectivity index (χ4v) is 2.84. The first-order valence-corrected chi connectivity index (χ1v) is 7.27. The van der Waals surface area contributed by atoms with Gasteiger partial charge in [-0.1, -0.05) is 34.1 Å². The third kappa shape index (κ3) is 2.99. The number of halogens is 1. The lowest BCUT2D eigenvalue weighted by molar-refractivity contribution is 0.662. The van der Waals surface area contributed by atoms with Gasteiger partial charge in [-0.3, -0.25) is 0 Å². The van der Waals surface area contributed by atoms with Crippen molar-refractivity contribution < 1.29 is 0 Å². The van der Waals surface area contributed by atoms with Gasteiger partial charge < -0.3 is 5.32 Å². The summed E-state index contributed by atoms with van der Waals surface area (Å²) in [7, 11) is 0. The number of hydrogen-bond donors (Lipinski definition) is 1. The molecule has 1 N–H and O–H groups in total. The quantitative estimate of drug-likeness (QED) is 0.890. The molecular weight excluding hydrogens is 270 g/mol. The van der Waals surface area contributed by atoms with Gasteiger partial charge in [0.15, 0.2) is 0 Å². The minimum Gasteiger partial charge on any atom is -0.311 e. The van der Waals surface area contributed by atoms with E-state index in [4.69, 9.17) is 0 Å². The summed E-state index contributed by atoms with van der Waals surface area (Å²) in [6.45, 7) is 2.10. The zero-order valence-corrected chi connectivity index (χ0v) is 11.3. The van der Waals surface area contributed by atoms with Crippen LogP contribution < -0.4 is 5.32 Å². The number of nitrogens with one attached hydrogen (secondary N) is 1. The molecule has 0 unspecified atom stereocenters. The lowest BCUT2D eigenvalue weighted by atomic mass is 10.2. The van der Waals surface area contributed by atoms with Crippen LogP contribution in [-0.4, -0.2) is 17.5 Å². The van der Waals surface area contributed by atoms with Gasteiger partial charge in [0, 0.05) is 22.3 Å². The predicted molar refractivity (Wildman–Crippen MR) is 71.3 cm³/mol. The monoisotopic (exact) mass is 285 g/mol. The van der Waals surface area contributed by atoms with Gasteiger partial charge in [-0.15, -0.1) is 0 Å². The molecule has 1 aromatic rings. The Kier molecular flexibility index (Phi) is 3.75. The lowest BCUT2D eigenvalue weighted by Gasteiger charge is -2.13.